The van der Waals surface area contributed by atoms with Crippen LogP contribution < -0.4 is 0 Å². The number of rotatable bonds is 10. The molecule has 0 radical (unpaired) electrons. The van der Waals surface area contributed by atoms with Crippen LogP contribution in [0.5, 0.6) is 0 Å². The third-order valence-electron chi connectivity index (χ3n) is 1.83. The maximum Gasteiger partial charge on any atom is 0.306 e. The molecule has 5 nitrogen and oxygen atoms in total. The Kier molecular flexibility index (Phi) is 10.6. The fourth-order valence-corrected chi connectivity index (χ4v) is 1.72. The van der Waals surface area contributed by atoms with Crippen LogP contribution in [-0.4, -0.2) is 36.0 Å². The highest BCUT2D eigenvalue weighted by Gasteiger charge is 2.09. The van der Waals surface area contributed by atoms with Crippen molar-refractivity contribution >= 4 is 28.8 Å². The first kappa shape index (κ1) is 17.4. The summed E-state index contributed by atoms with van der Waals surface area (Å²) in [5.74, 6) is -0.457. The summed E-state index contributed by atoms with van der Waals surface area (Å²) in [7, 11) is 0. The van der Waals surface area contributed by atoms with Crippen LogP contribution in [0.3, 0.4) is 0 Å². The van der Waals surface area contributed by atoms with Gasteiger partial charge in [0.2, 0.25) is 0 Å². The highest BCUT2D eigenvalue weighted by Crippen LogP contribution is 2.10. The summed E-state index contributed by atoms with van der Waals surface area (Å²) >= 11 is 1.01. The van der Waals surface area contributed by atoms with Gasteiger partial charge in [0.25, 0.3) is 0 Å². The molecule has 0 aromatic rings. The highest BCUT2D eigenvalue weighted by molar-refractivity contribution is 8.13. The summed E-state index contributed by atoms with van der Waals surface area (Å²) in [6.07, 6.45) is 3.24. The molecule has 0 bridgehead atoms. The zero-order valence-electron chi connectivity index (χ0n) is 10.8. The van der Waals surface area contributed by atoms with E-state index in [1.807, 2.05) is 0 Å². The second kappa shape index (κ2) is 11.5. The van der Waals surface area contributed by atoms with Crippen molar-refractivity contribution < 1.29 is 23.9 Å². The first-order valence-electron chi connectivity index (χ1n) is 5.78. The lowest BCUT2D eigenvalue weighted by atomic mass is 10.3. The molecule has 0 rings (SSSR count). The molecule has 0 spiro atoms. The summed E-state index contributed by atoms with van der Waals surface area (Å²) in [6, 6.07) is 0. The Balaban J connectivity index is 3.59. The average Bonchev–Trinajstić information content (AvgIpc) is 2.40. The molecule has 0 N–H and O–H groups in total. The normalized spacial score (nSPS) is 9.47. The summed E-state index contributed by atoms with van der Waals surface area (Å²) in [6.45, 7) is 7.15. The number of esters is 2. The molecule has 0 heterocycles. The lowest BCUT2D eigenvalue weighted by molar-refractivity contribution is -0.143. The van der Waals surface area contributed by atoms with Gasteiger partial charge in [0.1, 0.15) is 13.2 Å². The third kappa shape index (κ3) is 11.3. The molecule has 0 saturated carbocycles. The molecule has 0 unspecified atom stereocenters. The van der Waals surface area contributed by atoms with Crippen LogP contribution in [-0.2, 0) is 23.9 Å². The maximum absolute atomic E-state index is 11.4. The maximum atomic E-state index is 11.4. The van der Waals surface area contributed by atoms with Gasteiger partial charge in [-0.2, -0.15) is 0 Å². The minimum Gasteiger partial charge on any atom is -0.461 e. The number of hydrogen-bond donors (Lipinski definition) is 0. The molecule has 0 aliphatic rings. The summed E-state index contributed by atoms with van der Waals surface area (Å²) in [5.41, 5.74) is 0. The van der Waals surface area contributed by atoms with Gasteiger partial charge in [-0.1, -0.05) is 37.1 Å². The molecule has 6 heteroatoms. The van der Waals surface area contributed by atoms with Gasteiger partial charge in [0, 0.05) is 12.2 Å². The number of carbonyl (C=O) groups excluding carboxylic acids is 3. The third-order valence-corrected chi connectivity index (χ3v) is 2.76. The molecule has 0 aromatic heterocycles. The molecule has 0 aromatic carbocycles. The standard InChI is InChI=1S/C13H18O5S/c1-3-8-17-11(14)5-6-13(16)19-10-7-12(15)18-9-4-2/h3-4H,1-2,5-10H2. The van der Waals surface area contributed by atoms with Crippen molar-refractivity contribution in [2.24, 2.45) is 0 Å². The van der Waals surface area contributed by atoms with E-state index >= 15 is 0 Å². The molecule has 19 heavy (non-hydrogen) atoms. The van der Waals surface area contributed by atoms with E-state index in [9.17, 15) is 14.4 Å². The predicted molar refractivity (Wildman–Crippen MR) is 73.6 cm³/mol. The number of ether oxygens (including phenoxy) is 2. The van der Waals surface area contributed by atoms with Crippen molar-refractivity contribution in [2.75, 3.05) is 19.0 Å². The van der Waals surface area contributed by atoms with Crippen molar-refractivity contribution in [2.45, 2.75) is 19.3 Å². The van der Waals surface area contributed by atoms with Gasteiger partial charge in [-0.25, -0.2) is 0 Å². The lowest BCUT2D eigenvalue weighted by Gasteiger charge is -2.02. The SMILES string of the molecule is C=CCOC(=O)CCSC(=O)CCC(=O)OCC=C. The lowest BCUT2D eigenvalue weighted by Crippen LogP contribution is -2.08. The van der Waals surface area contributed by atoms with Crippen molar-refractivity contribution in [3.63, 3.8) is 0 Å². The molecular formula is C13H18O5S. The van der Waals surface area contributed by atoms with Gasteiger partial charge in [-0.15, -0.1) is 0 Å². The van der Waals surface area contributed by atoms with Crippen LogP contribution >= 0.6 is 11.8 Å². The van der Waals surface area contributed by atoms with E-state index in [-0.39, 0.29) is 43.6 Å². The van der Waals surface area contributed by atoms with Gasteiger partial charge in [0.05, 0.1) is 12.8 Å². The number of thioether (sulfide) groups is 1. The second-order valence-corrected chi connectivity index (χ2v) is 4.57. The Labute approximate surface area is 117 Å². The van der Waals surface area contributed by atoms with Crippen LogP contribution in [0.4, 0.5) is 0 Å². The van der Waals surface area contributed by atoms with E-state index in [2.05, 4.69) is 13.2 Å². The summed E-state index contributed by atoms with van der Waals surface area (Å²) in [5, 5.41) is -0.146. The molecule has 0 saturated heterocycles. The Morgan fingerprint density at radius 3 is 1.95 bits per heavy atom. The zero-order valence-corrected chi connectivity index (χ0v) is 11.6. The monoisotopic (exact) mass is 286 g/mol. The van der Waals surface area contributed by atoms with E-state index in [0.29, 0.717) is 5.75 Å². The summed E-state index contributed by atoms with van der Waals surface area (Å²) < 4.78 is 9.48. The van der Waals surface area contributed by atoms with E-state index in [1.165, 1.54) is 12.2 Å². The largest absolute Gasteiger partial charge is 0.461 e. The topological polar surface area (TPSA) is 69.7 Å². The van der Waals surface area contributed by atoms with Crippen molar-refractivity contribution in [1.82, 2.24) is 0 Å². The number of carbonyl (C=O) groups is 3. The van der Waals surface area contributed by atoms with Gasteiger partial charge in [-0.3, -0.25) is 14.4 Å². The molecule has 0 fully saturated rings. The van der Waals surface area contributed by atoms with Gasteiger partial charge >= 0.3 is 11.9 Å². The van der Waals surface area contributed by atoms with Gasteiger partial charge in [0.15, 0.2) is 5.12 Å². The van der Waals surface area contributed by atoms with Crippen LogP contribution in [0.1, 0.15) is 19.3 Å². The molecule has 0 atom stereocenters. The zero-order chi connectivity index (χ0) is 14.5. The van der Waals surface area contributed by atoms with Crippen LogP contribution in [0.25, 0.3) is 0 Å². The van der Waals surface area contributed by atoms with E-state index in [4.69, 9.17) is 9.47 Å². The van der Waals surface area contributed by atoms with E-state index in [1.54, 1.807) is 0 Å². The first-order chi connectivity index (χ1) is 9.10. The molecule has 0 aliphatic heterocycles. The Morgan fingerprint density at radius 2 is 1.42 bits per heavy atom. The molecule has 106 valence electrons. The quantitative estimate of drug-likeness (QED) is 0.451. The van der Waals surface area contributed by atoms with Gasteiger partial charge in [-0.05, 0) is 0 Å². The van der Waals surface area contributed by atoms with Crippen molar-refractivity contribution in [3.05, 3.63) is 25.3 Å². The summed E-state index contributed by atoms with van der Waals surface area (Å²) in [4.78, 5) is 33.6. The van der Waals surface area contributed by atoms with Crippen LogP contribution in [0, 0.1) is 0 Å². The Hall–Kier alpha value is -1.56. The fourth-order valence-electron chi connectivity index (χ4n) is 0.973. The minimum absolute atomic E-state index is 0.0422. The molecular weight excluding hydrogens is 268 g/mol. The minimum atomic E-state index is -0.431. The first-order valence-corrected chi connectivity index (χ1v) is 6.77. The highest BCUT2D eigenvalue weighted by atomic mass is 32.2. The number of hydrogen-bond acceptors (Lipinski definition) is 6. The second-order valence-electron chi connectivity index (χ2n) is 3.41. The van der Waals surface area contributed by atoms with Crippen molar-refractivity contribution in [1.29, 1.82) is 0 Å². The molecule has 0 aliphatic carbocycles. The van der Waals surface area contributed by atoms with Gasteiger partial charge < -0.3 is 9.47 Å². The van der Waals surface area contributed by atoms with Crippen LogP contribution in [0.2, 0.25) is 0 Å². The fraction of sp³-hybridized carbons (Fsp3) is 0.462. The molecule has 0 amide bonds. The van der Waals surface area contributed by atoms with E-state index < -0.39 is 5.97 Å². The van der Waals surface area contributed by atoms with Crippen molar-refractivity contribution in [3.8, 4) is 0 Å². The predicted octanol–water partition coefficient (Wildman–Crippen LogP) is 1.87. The Morgan fingerprint density at radius 1 is 0.895 bits per heavy atom. The smallest absolute Gasteiger partial charge is 0.306 e. The Bertz CT molecular complexity index is 338. The van der Waals surface area contributed by atoms with Crippen LogP contribution in [0.15, 0.2) is 25.3 Å². The van der Waals surface area contributed by atoms with E-state index in [0.717, 1.165) is 11.8 Å². The average molecular weight is 286 g/mol.